The van der Waals surface area contributed by atoms with E-state index in [1.54, 1.807) is 26.1 Å². The van der Waals surface area contributed by atoms with E-state index in [-0.39, 0.29) is 23.8 Å². The summed E-state index contributed by atoms with van der Waals surface area (Å²) < 4.78 is 0. The zero-order valence-electron chi connectivity index (χ0n) is 11.7. The molecule has 21 heavy (non-hydrogen) atoms. The number of aromatic nitrogens is 2. The van der Waals surface area contributed by atoms with Gasteiger partial charge in [0.1, 0.15) is 5.69 Å². The second kappa shape index (κ2) is 6.08. The highest BCUT2D eigenvalue weighted by atomic mass is 16.6. The molecule has 0 radical (unpaired) electrons. The highest BCUT2D eigenvalue weighted by Gasteiger charge is 2.15. The van der Waals surface area contributed by atoms with Crippen molar-refractivity contribution in [1.29, 1.82) is 0 Å². The van der Waals surface area contributed by atoms with E-state index in [0.29, 0.717) is 5.56 Å². The van der Waals surface area contributed by atoms with Crippen molar-refractivity contribution in [1.82, 2.24) is 14.9 Å². The Morgan fingerprint density at radius 3 is 2.71 bits per heavy atom. The molecule has 0 saturated heterocycles. The monoisotopic (exact) mass is 286 g/mol. The Bertz CT molecular complexity index is 670. The van der Waals surface area contributed by atoms with Gasteiger partial charge in [-0.3, -0.25) is 19.9 Å². The SMILES string of the molecule is Cc1cnc(C(=O)N(C)Cc2cccc([N+](=O)[O-])c2)cn1. The van der Waals surface area contributed by atoms with E-state index >= 15 is 0 Å². The van der Waals surface area contributed by atoms with Gasteiger partial charge in [-0.05, 0) is 12.5 Å². The number of rotatable bonds is 4. The second-order valence-electron chi connectivity index (χ2n) is 4.63. The van der Waals surface area contributed by atoms with Crippen molar-refractivity contribution in [2.75, 3.05) is 7.05 Å². The fourth-order valence-electron chi connectivity index (χ4n) is 1.81. The summed E-state index contributed by atoms with van der Waals surface area (Å²) in [6, 6.07) is 6.19. The smallest absolute Gasteiger partial charge is 0.274 e. The first-order valence-corrected chi connectivity index (χ1v) is 6.25. The molecule has 1 amide bonds. The topological polar surface area (TPSA) is 89.2 Å². The van der Waals surface area contributed by atoms with Crippen molar-refractivity contribution in [2.45, 2.75) is 13.5 Å². The number of aryl methyl sites for hydroxylation is 1. The van der Waals surface area contributed by atoms with Gasteiger partial charge in [-0.15, -0.1) is 0 Å². The largest absolute Gasteiger partial charge is 0.336 e. The Kier molecular flexibility index (Phi) is 4.22. The second-order valence-corrected chi connectivity index (χ2v) is 4.63. The molecule has 0 aliphatic heterocycles. The van der Waals surface area contributed by atoms with Gasteiger partial charge in [0.25, 0.3) is 11.6 Å². The van der Waals surface area contributed by atoms with Gasteiger partial charge in [0.05, 0.1) is 16.8 Å². The Morgan fingerprint density at radius 1 is 1.33 bits per heavy atom. The number of hydrogen-bond donors (Lipinski definition) is 0. The lowest BCUT2D eigenvalue weighted by atomic mass is 10.2. The van der Waals surface area contributed by atoms with Gasteiger partial charge in [0.2, 0.25) is 0 Å². The Hall–Kier alpha value is -2.83. The van der Waals surface area contributed by atoms with Gasteiger partial charge >= 0.3 is 0 Å². The molecular formula is C14H14N4O3. The molecule has 7 heteroatoms. The summed E-state index contributed by atoms with van der Waals surface area (Å²) in [6.07, 6.45) is 2.94. The van der Waals surface area contributed by atoms with Gasteiger partial charge in [-0.2, -0.15) is 0 Å². The molecule has 0 N–H and O–H groups in total. The molecule has 0 saturated carbocycles. The first-order valence-electron chi connectivity index (χ1n) is 6.25. The third kappa shape index (κ3) is 3.59. The van der Waals surface area contributed by atoms with E-state index < -0.39 is 4.92 Å². The lowest BCUT2D eigenvalue weighted by Crippen LogP contribution is -2.27. The summed E-state index contributed by atoms with van der Waals surface area (Å²) in [6.45, 7) is 2.05. The van der Waals surface area contributed by atoms with Crippen LogP contribution in [0.25, 0.3) is 0 Å². The van der Waals surface area contributed by atoms with Crippen LogP contribution >= 0.6 is 0 Å². The van der Waals surface area contributed by atoms with E-state index in [1.165, 1.54) is 29.4 Å². The molecule has 2 aromatic rings. The third-order valence-corrected chi connectivity index (χ3v) is 2.89. The van der Waals surface area contributed by atoms with Crippen molar-refractivity contribution >= 4 is 11.6 Å². The van der Waals surface area contributed by atoms with Gasteiger partial charge in [0, 0.05) is 31.9 Å². The number of carbonyl (C=O) groups excluding carboxylic acids is 1. The number of amides is 1. The van der Waals surface area contributed by atoms with Crippen LogP contribution in [0.5, 0.6) is 0 Å². The van der Waals surface area contributed by atoms with Crippen molar-refractivity contribution in [3.05, 3.63) is 63.7 Å². The molecule has 0 unspecified atom stereocenters. The Labute approximate surface area is 121 Å². The summed E-state index contributed by atoms with van der Waals surface area (Å²) in [5.74, 6) is -0.283. The minimum absolute atomic E-state index is 0.00322. The molecule has 2 rings (SSSR count). The summed E-state index contributed by atoms with van der Waals surface area (Å²) in [5, 5.41) is 10.7. The summed E-state index contributed by atoms with van der Waals surface area (Å²) in [4.78, 5) is 31.9. The lowest BCUT2D eigenvalue weighted by Gasteiger charge is -2.16. The zero-order valence-corrected chi connectivity index (χ0v) is 11.7. The van der Waals surface area contributed by atoms with Crippen molar-refractivity contribution in [3.8, 4) is 0 Å². The molecule has 1 aromatic carbocycles. The average Bonchev–Trinajstić information content (AvgIpc) is 2.47. The van der Waals surface area contributed by atoms with Crippen molar-refractivity contribution < 1.29 is 9.72 Å². The number of non-ortho nitro benzene ring substituents is 1. The summed E-state index contributed by atoms with van der Waals surface area (Å²) in [5.41, 5.74) is 1.66. The zero-order chi connectivity index (χ0) is 15.4. The van der Waals surface area contributed by atoms with Gasteiger partial charge in [0.15, 0.2) is 0 Å². The number of benzene rings is 1. The number of nitro groups is 1. The molecule has 0 aliphatic carbocycles. The van der Waals surface area contributed by atoms with E-state index in [2.05, 4.69) is 9.97 Å². The van der Waals surface area contributed by atoms with E-state index in [0.717, 1.165) is 5.69 Å². The predicted molar refractivity (Wildman–Crippen MR) is 75.7 cm³/mol. The maximum Gasteiger partial charge on any atom is 0.274 e. The lowest BCUT2D eigenvalue weighted by molar-refractivity contribution is -0.384. The Morgan fingerprint density at radius 2 is 2.10 bits per heavy atom. The Balaban J connectivity index is 2.12. The van der Waals surface area contributed by atoms with Gasteiger partial charge in [-0.25, -0.2) is 4.98 Å². The quantitative estimate of drug-likeness (QED) is 0.633. The molecule has 108 valence electrons. The van der Waals surface area contributed by atoms with Crippen LogP contribution in [-0.2, 0) is 6.54 Å². The predicted octanol–water partition coefficient (Wildman–Crippen LogP) is 1.97. The minimum atomic E-state index is -0.462. The van der Waals surface area contributed by atoms with E-state index in [1.807, 2.05) is 0 Å². The van der Waals surface area contributed by atoms with E-state index in [4.69, 9.17) is 0 Å². The van der Waals surface area contributed by atoms with Crippen LogP contribution in [0.2, 0.25) is 0 Å². The van der Waals surface area contributed by atoms with Gasteiger partial charge in [-0.1, -0.05) is 12.1 Å². The third-order valence-electron chi connectivity index (χ3n) is 2.89. The van der Waals surface area contributed by atoms with E-state index in [9.17, 15) is 14.9 Å². The fraction of sp³-hybridized carbons (Fsp3) is 0.214. The normalized spacial score (nSPS) is 10.2. The summed E-state index contributed by atoms with van der Waals surface area (Å²) in [7, 11) is 1.61. The first-order chi connectivity index (χ1) is 9.97. The van der Waals surface area contributed by atoms with Crippen LogP contribution in [-0.4, -0.2) is 32.7 Å². The first kappa shape index (κ1) is 14.6. The van der Waals surface area contributed by atoms with Crippen LogP contribution in [0, 0.1) is 17.0 Å². The van der Waals surface area contributed by atoms with Crippen LogP contribution in [0.4, 0.5) is 5.69 Å². The standard InChI is InChI=1S/C14H14N4O3/c1-10-7-16-13(8-15-10)14(19)17(2)9-11-4-3-5-12(6-11)18(20)21/h3-8H,9H2,1-2H3. The molecule has 0 bridgehead atoms. The fourth-order valence-corrected chi connectivity index (χ4v) is 1.81. The number of hydrogen-bond acceptors (Lipinski definition) is 5. The molecule has 1 heterocycles. The molecule has 0 fully saturated rings. The van der Waals surface area contributed by atoms with Crippen LogP contribution in [0.3, 0.4) is 0 Å². The molecule has 0 aliphatic rings. The highest BCUT2D eigenvalue weighted by molar-refractivity contribution is 5.91. The maximum absolute atomic E-state index is 12.2. The van der Waals surface area contributed by atoms with Crippen LogP contribution in [0.15, 0.2) is 36.7 Å². The molecule has 1 aromatic heterocycles. The van der Waals surface area contributed by atoms with Crippen molar-refractivity contribution in [3.63, 3.8) is 0 Å². The summed E-state index contributed by atoms with van der Waals surface area (Å²) >= 11 is 0. The van der Waals surface area contributed by atoms with Crippen LogP contribution < -0.4 is 0 Å². The molecule has 0 atom stereocenters. The molecule has 7 nitrogen and oxygen atoms in total. The highest BCUT2D eigenvalue weighted by Crippen LogP contribution is 2.15. The van der Waals surface area contributed by atoms with Crippen molar-refractivity contribution in [2.24, 2.45) is 0 Å². The van der Waals surface area contributed by atoms with Gasteiger partial charge < -0.3 is 4.90 Å². The molecular weight excluding hydrogens is 272 g/mol. The number of nitrogens with zero attached hydrogens (tertiary/aromatic N) is 4. The maximum atomic E-state index is 12.2. The number of nitro benzene ring substituents is 1. The van der Waals surface area contributed by atoms with Crippen LogP contribution in [0.1, 0.15) is 21.7 Å². The molecule has 0 spiro atoms. The minimum Gasteiger partial charge on any atom is -0.336 e. The average molecular weight is 286 g/mol. The number of carbonyl (C=O) groups is 1.